The van der Waals surface area contributed by atoms with E-state index in [1.54, 1.807) is 12.1 Å². The van der Waals surface area contributed by atoms with Crippen LogP contribution >= 0.6 is 0 Å². The first-order valence-corrected chi connectivity index (χ1v) is 7.61. The number of nitrogens with zero attached hydrogens (tertiary/aromatic N) is 1. The highest BCUT2D eigenvalue weighted by Gasteiger charge is 2.21. The molecule has 1 aliphatic rings. The number of pyridine rings is 1. The van der Waals surface area contributed by atoms with E-state index in [0.717, 1.165) is 0 Å². The van der Waals surface area contributed by atoms with E-state index < -0.39 is 0 Å². The van der Waals surface area contributed by atoms with Gasteiger partial charge in [0.25, 0.3) is 5.91 Å². The maximum Gasteiger partial charge on any atom is 0.251 e. The topological polar surface area (TPSA) is 71.1 Å². The van der Waals surface area contributed by atoms with Gasteiger partial charge in [0.15, 0.2) is 0 Å². The Morgan fingerprint density at radius 2 is 2.00 bits per heavy atom. The van der Waals surface area contributed by atoms with Crippen molar-refractivity contribution < 1.29 is 9.59 Å². The highest BCUT2D eigenvalue weighted by atomic mass is 16.2. The lowest BCUT2D eigenvalue weighted by molar-refractivity contribution is -0.114. The molecule has 1 aliphatic carbocycles. The molecule has 1 atom stereocenters. The van der Waals surface area contributed by atoms with Crippen LogP contribution in [0.4, 0.5) is 5.82 Å². The number of amides is 2. The molecule has 2 N–H and O–H groups in total. The number of nitrogens with one attached hydrogen (secondary N) is 2. The molecule has 0 aliphatic heterocycles. The van der Waals surface area contributed by atoms with Crippen molar-refractivity contribution in [3.63, 3.8) is 0 Å². The molecule has 0 saturated heterocycles. The zero-order valence-corrected chi connectivity index (χ0v) is 12.7. The Hall–Kier alpha value is -1.91. The number of rotatable bonds is 4. The van der Waals surface area contributed by atoms with E-state index in [0.29, 0.717) is 17.3 Å². The fourth-order valence-electron chi connectivity index (χ4n) is 2.86. The Bertz CT molecular complexity index is 510. The quantitative estimate of drug-likeness (QED) is 0.895. The van der Waals surface area contributed by atoms with E-state index in [9.17, 15) is 9.59 Å². The van der Waals surface area contributed by atoms with Crippen LogP contribution in [0.25, 0.3) is 0 Å². The lowest BCUT2D eigenvalue weighted by Gasteiger charge is -2.28. The van der Waals surface area contributed by atoms with Crippen molar-refractivity contribution in [1.29, 1.82) is 0 Å². The van der Waals surface area contributed by atoms with Crippen LogP contribution in [0.15, 0.2) is 18.3 Å². The molecule has 0 aromatic carbocycles. The van der Waals surface area contributed by atoms with Crippen LogP contribution in [-0.2, 0) is 4.79 Å². The smallest absolute Gasteiger partial charge is 0.251 e. The number of hydrogen-bond donors (Lipinski definition) is 2. The summed E-state index contributed by atoms with van der Waals surface area (Å²) < 4.78 is 0. The molecule has 21 heavy (non-hydrogen) atoms. The van der Waals surface area contributed by atoms with Crippen molar-refractivity contribution in [2.75, 3.05) is 5.32 Å². The predicted octanol–water partition coefficient (Wildman–Crippen LogP) is 2.74. The van der Waals surface area contributed by atoms with Crippen LogP contribution in [0.1, 0.15) is 56.3 Å². The third-order valence-electron chi connectivity index (χ3n) is 4.04. The number of carbonyl (C=O) groups excluding carboxylic acids is 2. The average Bonchev–Trinajstić information content (AvgIpc) is 2.47. The lowest BCUT2D eigenvalue weighted by Crippen LogP contribution is -2.38. The minimum Gasteiger partial charge on any atom is -0.349 e. The van der Waals surface area contributed by atoms with Gasteiger partial charge in [-0.05, 0) is 37.8 Å². The molecule has 1 aromatic rings. The van der Waals surface area contributed by atoms with Crippen LogP contribution in [0.2, 0.25) is 0 Å². The Morgan fingerprint density at radius 3 is 2.67 bits per heavy atom. The normalized spacial score (nSPS) is 17.0. The predicted molar refractivity (Wildman–Crippen MR) is 82.0 cm³/mol. The molecule has 1 unspecified atom stereocenters. The molecule has 1 fully saturated rings. The number of aromatic nitrogens is 1. The molecule has 0 bridgehead atoms. The Morgan fingerprint density at radius 1 is 1.29 bits per heavy atom. The Labute approximate surface area is 125 Å². The standard InChI is InChI=1S/C16H23N3O2/c1-11(13-6-4-3-5-7-13)18-16(21)14-8-9-17-15(10-14)19-12(2)20/h8-11,13H,3-7H2,1-2H3,(H,18,21)(H,17,19,20). The third kappa shape index (κ3) is 4.55. The lowest BCUT2D eigenvalue weighted by atomic mass is 9.84. The van der Waals surface area contributed by atoms with Gasteiger partial charge in [0.05, 0.1) is 0 Å². The number of anilines is 1. The van der Waals surface area contributed by atoms with E-state index in [1.807, 2.05) is 0 Å². The molecule has 5 nitrogen and oxygen atoms in total. The molecule has 5 heteroatoms. The van der Waals surface area contributed by atoms with Gasteiger partial charge in [-0.25, -0.2) is 4.98 Å². The van der Waals surface area contributed by atoms with Crippen molar-refractivity contribution in [2.24, 2.45) is 5.92 Å². The van der Waals surface area contributed by atoms with E-state index >= 15 is 0 Å². The van der Waals surface area contributed by atoms with E-state index in [1.165, 1.54) is 45.2 Å². The van der Waals surface area contributed by atoms with Crippen molar-refractivity contribution in [3.8, 4) is 0 Å². The van der Waals surface area contributed by atoms with Gasteiger partial charge >= 0.3 is 0 Å². The van der Waals surface area contributed by atoms with E-state index in [-0.39, 0.29) is 17.9 Å². The summed E-state index contributed by atoms with van der Waals surface area (Å²) in [5.74, 6) is 0.664. The number of carbonyl (C=O) groups is 2. The van der Waals surface area contributed by atoms with Crippen LogP contribution in [-0.4, -0.2) is 22.8 Å². The first-order chi connectivity index (χ1) is 10.1. The molecule has 1 aromatic heterocycles. The van der Waals surface area contributed by atoms with Crippen molar-refractivity contribution in [2.45, 2.75) is 52.0 Å². The fraction of sp³-hybridized carbons (Fsp3) is 0.562. The summed E-state index contributed by atoms with van der Waals surface area (Å²) in [6.45, 7) is 3.49. The molecule has 2 amide bonds. The van der Waals surface area contributed by atoms with E-state index in [2.05, 4.69) is 22.5 Å². The molecule has 1 saturated carbocycles. The maximum atomic E-state index is 12.3. The SMILES string of the molecule is CC(=O)Nc1cc(C(=O)NC(C)C2CCCCC2)ccn1. The molecule has 114 valence electrons. The van der Waals surface area contributed by atoms with Crippen LogP contribution in [0, 0.1) is 5.92 Å². The largest absolute Gasteiger partial charge is 0.349 e. The molecule has 0 spiro atoms. The zero-order chi connectivity index (χ0) is 15.2. The third-order valence-corrected chi connectivity index (χ3v) is 4.04. The van der Waals surface area contributed by atoms with Crippen molar-refractivity contribution in [1.82, 2.24) is 10.3 Å². The van der Waals surface area contributed by atoms with Crippen molar-refractivity contribution in [3.05, 3.63) is 23.9 Å². The maximum absolute atomic E-state index is 12.3. The Balaban J connectivity index is 1.97. The summed E-state index contributed by atoms with van der Waals surface area (Å²) in [5, 5.41) is 5.65. The van der Waals surface area contributed by atoms with Crippen LogP contribution < -0.4 is 10.6 Å². The van der Waals surface area contributed by atoms with Crippen LogP contribution in [0.3, 0.4) is 0 Å². The summed E-state index contributed by atoms with van der Waals surface area (Å²) >= 11 is 0. The monoisotopic (exact) mass is 289 g/mol. The van der Waals surface area contributed by atoms with Gasteiger partial charge in [-0.1, -0.05) is 19.3 Å². The van der Waals surface area contributed by atoms with Gasteiger partial charge in [0.1, 0.15) is 5.82 Å². The first-order valence-electron chi connectivity index (χ1n) is 7.61. The minimum atomic E-state index is -0.198. The molecule has 1 heterocycles. The second-order valence-corrected chi connectivity index (χ2v) is 5.77. The van der Waals surface area contributed by atoms with Crippen LogP contribution in [0.5, 0.6) is 0 Å². The highest BCUT2D eigenvalue weighted by molar-refractivity contribution is 5.96. The minimum absolute atomic E-state index is 0.109. The van der Waals surface area contributed by atoms with Gasteiger partial charge < -0.3 is 10.6 Å². The summed E-state index contributed by atoms with van der Waals surface area (Å²) in [7, 11) is 0. The summed E-state index contributed by atoms with van der Waals surface area (Å²) in [5.41, 5.74) is 0.524. The average molecular weight is 289 g/mol. The van der Waals surface area contributed by atoms with Gasteiger partial charge in [0.2, 0.25) is 5.91 Å². The summed E-state index contributed by atoms with van der Waals surface area (Å²) in [4.78, 5) is 27.3. The molecule has 0 radical (unpaired) electrons. The fourth-order valence-corrected chi connectivity index (χ4v) is 2.86. The molecule has 2 rings (SSSR count). The zero-order valence-electron chi connectivity index (χ0n) is 12.7. The first kappa shape index (κ1) is 15.5. The second-order valence-electron chi connectivity index (χ2n) is 5.77. The molecular weight excluding hydrogens is 266 g/mol. The van der Waals surface area contributed by atoms with Gasteiger partial charge in [-0.2, -0.15) is 0 Å². The van der Waals surface area contributed by atoms with Gasteiger partial charge in [-0.3, -0.25) is 9.59 Å². The second kappa shape index (κ2) is 7.20. The Kier molecular flexibility index (Phi) is 5.31. The summed E-state index contributed by atoms with van der Waals surface area (Å²) in [6, 6.07) is 3.44. The number of hydrogen-bond acceptors (Lipinski definition) is 3. The summed E-state index contributed by atoms with van der Waals surface area (Å²) in [6.07, 6.45) is 7.73. The molecular formula is C16H23N3O2. The van der Waals surface area contributed by atoms with E-state index in [4.69, 9.17) is 0 Å². The van der Waals surface area contributed by atoms with Crippen molar-refractivity contribution >= 4 is 17.6 Å². The highest BCUT2D eigenvalue weighted by Crippen LogP contribution is 2.26. The van der Waals surface area contributed by atoms with Gasteiger partial charge in [0, 0.05) is 24.7 Å². The van der Waals surface area contributed by atoms with Gasteiger partial charge in [-0.15, -0.1) is 0 Å².